The molecule has 0 aliphatic carbocycles. The van der Waals surface area contributed by atoms with Gasteiger partial charge in [-0.15, -0.1) is 0 Å². The topological polar surface area (TPSA) is 61.4 Å². The number of hydrogen-bond acceptors (Lipinski definition) is 5. The van der Waals surface area contributed by atoms with E-state index in [1.54, 1.807) is 12.4 Å². The van der Waals surface area contributed by atoms with Gasteiger partial charge in [-0.05, 0) is 32.9 Å². The van der Waals surface area contributed by atoms with Crippen molar-refractivity contribution in [2.24, 2.45) is 0 Å². The highest BCUT2D eigenvalue weighted by molar-refractivity contribution is 5.94. The van der Waals surface area contributed by atoms with Gasteiger partial charge >= 0.3 is 0 Å². The predicted octanol–water partition coefficient (Wildman–Crippen LogP) is 2.57. The van der Waals surface area contributed by atoms with E-state index in [9.17, 15) is 4.79 Å². The van der Waals surface area contributed by atoms with Crippen LogP contribution in [0.25, 0.3) is 0 Å². The van der Waals surface area contributed by atoms with Crippen molar-refractivity contribution in [2.75, 3.05) is 36.4 Å². The van der Waals surface area contributed by atoms with E-state index < -0.39 is 0 Å². The second-order valence-electron chi connectivity index (χ2n) is 6.45. The minimum absolute atomic E-state index is 0.000829. The Labute approximate surface area is 148 Å². The summed E-state index contributed by atoms with van der Waals surface area (Å²) in [6.45, 7) is 9.27. The summed E-state index contributed by atoms with van der Waals surface area (Å²) in [4.78, 5) is 25.4. The third kappa shape index (κ3) is 3.90. The number of nitrogens with zero attached hydrogens (tertiary/aromatic N) is 4. The minimum atomic E-state index is -0.000829. The van der Waals surface area contributed by atoms with Crippen molar-refractivity contribution < 1.29 is 4.79 Å². The van der Waals surface area contributed by atoms with E-state index >= 15 is 0 Å². The summed E-state index contributed by atoms with van der Waals surface area (Å²) >= 11 is 0. The number of piperazine rings is 1. The van der Waals surface area contributed by atoms with Crippen LogP contribution in [0.15, 0.2) is 36.7 Å². The molecule has 1 saturated heterocycles. The first-order valence-electron chi connectivity index (χ1n) is 8.77. The molecule has 1 fully saturated rings. The average Bonchev–Trinajstić information content (AvgIpc) is 2.63. The quantitative estimate of drug-likeness (QED) is 0.928. The zero-order valence-corrected chi connectivity index (χ0v) is 15.1. The zero-order valence-electron chi connectivity index (χ0n) is 15.1. The number of anilines is 2. The van der Waals surface area contributed by atoms with Crippen LogP contribution in [0.3, 0.4) is 0 Å². The SMILES string of the molecule is CCNc1ncc(C(=O)N2CCN(c3ccc(C)cc3)CC2C)cn1. The lowest BCUT2D eigenvalue weighted by Crippen LogP contribution is -2.54. The van der Waals surface area contributed by atoms with E-state index in [0.29, 0.717) is 18.1 Å². The van der Waals surface area contributed by atoms with Gasteiger partial charge in [0.2, 0.25) is 5.95 Å². The number of hydrogen-bond donors (Lipinski definition) is 1. The molecule has 1 aromatic heterocycles. The van der Waals surface area contributed by atoms with E-state index in [1.807, 2.05) is 11.8 Å². The minimum Gasteiger partial charge on any atom is -0.368 e. The fourth-order valence-corrected chi connectivity index (χ4v) is 3.10. The summed E-state index contributed by atoms with van der Waals surface area (Å²) in [6.07, 6.45) is 3.21. The molecule has 6 heteroatoms. The maximum atomic E-state index is 12.8. The molecule has 25 heavy (non-hydrogen) atoms. The van der Waals surface area contributed by atoms with Crippen LogP contribution < -0.4 is 10.2 Å². The van der Waals surface area contributed by atoms with E-state index in [4.69, 9.17) is 0 Å². The fraction of sp³-hybridized carbons (Fsp3) is 0.421. The summed E-state index contributed by atoms with van der Waals surface area (Å²) in [5.74, 6) is 0.551. The van der Waals surface area contributed by atoms with Crippen LogP contribution in [0.4, 0.5) is 11.6 Å². The highest BCUT2D eigenvalue weighted by atomic mass is 16.2. The van der Waals surface area contributed by atoms with Crippen LogP contribution in [0.5, 0.6) is 0 Å². The normalized spacial score (nSPS) is 17.5. The van der Waals surface area contributed by atoms with Crippen molar-refractivity contribution in [3.05, 3.63) is 47.8 Å². The van der Waals surface area contributed by atoms with Gasteiger partial charge in [-0.2, -0.15) is 0 Å². The molecule has 1 aliphatic rings. The van der Waals surface area contributed by atoms with E-state index in [2.05, 4.69) is 58.3 Å². The van der Waals surface area contributed by atoms with Crippen molar-refractivity contribution in [3.8, 4) is 0 Å². The Kier molecular flexibility index (Phi) is 5.16. The summed E-state index contributed by atoms with van der Waals surface area (Å²) < 4.78 is 0. The number of rotatable bonds is 4. The summed E-state index contributed by atoms with van der Waals surface area (Å²) in [7, 11) is 0. The third-order valence-corrected chi connectivity index (χ3v) is 4.52. The average molecular weight is 339 g/mol. The molecule has 2 heterocycles. The first-order valence-corrected chi connectivity index (χ1v) is 8.77. The molecule has 132 valence electrons. The Bertz CT molecular complexity index is 714. The molecule has 0 saturated carbocycles. The molecule has 0 radical (unpaired) electrons. The van der Waals surface area contributed by atoms with E-state index in [1.165, 1.54) is 11.3 Å². The van der Waals surface area contributed by atoms with Crippen LogP contribution >= 0.6 is 0 Å². The van der Waals surface area contributed by atoms with Gasteiger partial charge in [-0.25, -0.2) is 9.97 Å². The molecule has 1 N–H and O–H groups in total. The number of benzene rings is 1. The summed E-state index contributed by atoms with van der Waals surface area (Å²) in [5, 5.41) is 3.04. The van der Waals surface area contributed by atoms with Crippen LogP contribution in [-0.2, 0) is 0 Å². The van der Waals surface area contributed by atoms with Crippen LogP contribution in [0.1, 0.15) is 29.8 Å². The van der Waals surface area contributed by atoms with Gasteiger partial charge in [-0.1, -0.05) is 17.7 Å². The maximum Gasteiger partial charge on any atom is 0.257 e. The summed E-state index contributed by atoms with van der Waals surface area (Å²) in [6, 6.07) is 8.68. The molecule has 1 aliphatic heterocycles. The molecule has 1 unspecified atom stereocenters. The Morgan fingerprint density at radius 2 is 1.88 bits per heavy atom. The van der Waals surface area contributed by atoms with E-state index in [0.717, 1.165) is 19.6 Å². The monoisotopic (exact) mass is 339 g/mol. The van der Waals surface area contributed by atoms with Gasteiger partial charge in [0.25, 0.3) is 5.91 Å². The van der Waals surface area contributed by atoms with Gasteiger partial charge in [0.05, 0.1) is 5.56 Å². The lowest BCUT2D eigenvalue weighted by Gasteiger charge is -2.41. The zero-order chi connectivity index (χ0) is 17.8. The van der Waals surface area contributed by atoms with Crippen LogP contribution in [0.2, 0.25) is 0 Å². The number of aryl methyl sites for hydroxylation is 1. The van der Waals surface area contributed by atoms with Crippen molar-refractivity contribution in [3.63, 3.8) is 0 Å². The van der Waals surface area contributed by atoms with Crippen LogP contribution in [0, 0.1) is 6.92 Å². The lowest BCUT2D eigenvalue weighted by atomic mass is 10.1. The predicted molar refractivity (Wildman–Crippen MR) is 100 cm³/mol. The molecule has 2 aromatic rings. The Morgan fingerprint density at radius 1 is 1.20 bits per heavy atom. The molecule has 6 nitrogen and oxygen atoms in total. The van der Waals surface area contributed by atoms with Gasteiger partial charge in [0, 0.05) is 50.3 Å². The Balaban J connectivity index is 1.66. The summed E-state index contributed by atoms with van der Waals surface area (Å²) in [5.41, 5.74) is 3.01. The number of aromatic nitrogens is 2. The molecule has 3 rings (SSSR count). The molecule has 0 bridgehead atoms. The van der Waals surface area contributed by atoms with Crippen molar-refractivity contribution >= 4 is 17.5 Å². The number of nitrogens with one attached hydrogen (secondary N) is 1. The lowest BCUT2D eigenvalue weighted by molar-refractivity contribution is 0.0673. The van der Waals surface area contributed by atoms with Gasteiger partial charge in [0.15, 0.2) is 0 Å². The molecule has 1 amide bonds. The smallest absolute Gasteiger partial charge is 0.257 e. The molecular weight excluding hydrogens is 314 g/mol. The highest BCUT2D eigenvalue weighted by Crippen LogP contribution is 2.21. The number of carbonyl (C=O) groups is 1. The van der Waals surface area contributed by atoms with Gasteiger partial charge in [-0.3, -0.25) is 4.79 Å². The first-order chi connectivity index (χ1) is 12.1. The van der Waals surface area contributed by atoms with Crippen molar-refractivity contribution in [2.45, 2.75) is 26.8 Å². The number of carbonyl (C=O) groups excluding carboxylic acids is 1. The second kappa shape index (κ2) is 7.51. The largest absolute Gasteiger partial charge is 0.368 e. The number of amides is 1. The van der Waals surface area contributed by atoms with Crippen molar-refractivity contribution in [1.29, 1.82) is 0 Å². The fourth-order valence-electron chi connectivity index (χ4n) is 3.10. The van der Waals surface area contributed by atoms with Gasteiger partial charge in [0.1, 0.15) is 0 Å². The van der Waals surface area contributed by atoms with E-state index in [-0.39, 0.29) is 11.9 Å². The Morgan fingerprint density at radius 3 is 2.48 bits per heavy atom. The Hall–Kier alpha value is -2.63. The molecule has 0 spiro atoms. The third-order valence-electron chi connectivity index (χ3n) is 4.52. The molecular formula is C19H25N5O. The molecule has 1 aromatic carbocycles. The maximum absolute atomic E-state index is 12.8. The van der Waals surface area contributed by atoms with Gasteiger partial charge < -0.3 is 15.1 Å². The highest BCUT2D eigenvalue weighted by Gasteiger charge is 2.28. The van der Waals surface area contributed by atoms with Crippen molar-refractivity contribution in [1.82, 2.24) is 14.9 Å². The first kappa shape index (κ1) is 17.2. The molecule has 1 atom stereocenters. The second-order valence-corrected chi connectivity index (χ2v) is 6.45. The standard InChI is InChI=1S/C19H25N5O/c1-4-20-19-21-11-16(12-22-19)18(25)24-10-9-23(13-15(24)3)17-7-5-14(2)6-8-17/h5-8,11-12,15H,4,9-10,13H2,1-3H3,(H,20,21,22). The van der Waals surface area contributed by atoms with Crippen LogP contribution in [-0.4, -0.2) is 53.0 Å².